The number of anilines is 2. The highest BCUT2D eigenvalue weighted by molar-refractivity contribution is 9.10. The van der Waals surface area contributed by atoms with E-state index in [0.29, 0.717) is 5.69 Å². The molecule has 3 nitrogen and oxygen atoms in total. The van der Waals surface area contributed by atoms with E-state index in [2.05, 4.69) is 26.2 Å². The molecular weight excluding hydrogens is 333 g/mol. The lowest BCUT2D eigenvalue weighted by atomic mass is 10.1. The summed E-state index contributed by atoms with van der Waals surface area (Å²) in [4.78, 5) is 4.38. The molecule has 0 unspecified atom stereocenters. The van der Waals surface area contributed by atoms with Gasteiger partial charge in [-0.3, -0.25) is 4.98 Å². The van der Waals surface area contributed by atoms with Crippen molar-refractivity contribution in [3.63, 3.8) is 0 Å². The van der Waals surface area contributed by atoms with Crippen molar-refractivity contribution in [3.8, 4) is 6.07 Å². The molecule has 0 amide bonds. The largest absolute Gasteiger partial charge is 0.354 e. The van der Waals surface area contributed by atoms with Gasteiger partial charge in [0.2, 0.25) is 0 Å². The number of hydrogen-bond acceptors (Lipinski definition) is 3. The molecule has 5 heteroatoms. The minimum absolute atomic E-state index is 0.0283. The first-order valence-electron chi connectivity index (χ1n) is 6.18. The molecule has 3 rings (SSSR count). The number of rotatable bonds is 2. The van der Waals surface area contributed by atoms with Gasteiger partial charge in [-0.15, -0.1) is 0 Å². The van der Waals surface area contributed by atoms with Crippen molar-refractivity contribution in [1.29, 1.82) is 5.26 Å². The van der Waals surface area contributed by atoms with Crippen LogP contribution in [0.25, 0.3) is 10.9 Å². The summed E-state index contributed by atoms with van der Waals surface area (Å²) in [5, 5.41) is 12.8. The molecule has 1 aromatic heterocycles. The second kappa shape index (κ2) is 5.51. The van der Waals surface area contributed by atoms with E-state index in [1.165, 1.54) is 12.1 Å². The van der Waals surface area contributed by atoms with Crippen molar-refractivity contribution >= 4 is 38.2 Å². The average Bonchev–Trinajstić information content (AvgIpc) is 2.47. The number of fused-ring (bicyclic) bond motifs is 1. The van der Waals surface area contributed by atoms with Gasteiger partial charge in [0.1, 0.15) is 11.9 Å². The van der Waals surface area contributed by atoms with Crippen LogP contribution in [-0.4, -0.2) is 4.98 Å². The van der Waals surface area contributed by atoms with E-state index in [9.17, 15) is 4.39 Å². The van der Waals surface area contributed by atoms with Crippen LogP contribution < -0.4 is 5.32 Å². The predicted molar refractivity (Wildman–Crippen MR) is 83.8 cm³/mol. The summed E-state index contributed by atoms with van der Waals surface area (Å²) in [6, 6.07) is 13.9. The number of hydrogen-bond donors (Lipinski definition) is 1. The number of benzene rings is 2. The second-order valence-electron chi connectivity index (χ2n) is 4.46. The van der Waals surface area contributed by atoms with E-state index >= 15 is 0 Å². The lowest BCUT2D eigenvalue weighted by molar-refractivity contribution is 0.624. The van der Waals surface area contributed by atoms with Crippen LogP contribution in [0.1, 0.15) is 5.56 Å². The van der Waals surface area contributed by atoms with Gasteiger partial charge in [0.15, 0.2) is 0 Å². The summed E-state index contributed by atoms with van der Waals surface area (Å²) < 4.78 is 14.5. The standard InChI is InChI=1S/C16H9BrFN3/c17-12-6-10-2-1-3-15(16(10)20-9-12)21-13-5-4-11(8-19)14(18)7-13/h1-7,9,21H. The summed E-state index contributed by atoms with van der Waals surface area (Å²) in [6.45, 7) is 0. The molecule has 0 saturated heterocycles. The van der Waals surface area contributed by atoms with Crippen LogP contribution in [0.15, 0.2) is 53.1 Å². The highest BCUT2D eigenvalue weighted by Gasteiger charge is 2.06. The zero-order valence-corrected chi connectivity index (χ0v) is 12.4. The maximum atomic E-state index is 13.6. The van der Waals surface area contributed by atoms with Gasteiger partial charge >= 0.3 is 0 Å². The minimum Gasteiger partial charge on any atom is -0.354 e. The molecule has 21 heavy (non-hydrogen) atoms. The van der Waals surface area contributed by atoms with Crippen LogP contribution >= 0.6 is 15.9 Å². The molecule has 0 saturated carbocycles. The fourth-order valence-electron chi connectivity index (χ4n) is 2.07. The quantitative estimate of drug-likeness (QED) is 0.731. The number of halogens is 2. The van der Waals surface area contributed by atoms with Crippen molar-refractivity contribution in [3.05, 3.63) is 64.5 Å². The van der Waals surface area contributed by atoms with Gasteiger partial charge in [0.25, 0.3) is 0 Å². The fourth-order valence-corrected chi connectivity index (χ4v) is 2.42. The van der Waals surface area contributed by atoms with Crippen molar-refractivity contribution in [2.75, 3.05) is 5.32 Å². The first-order valence-corrected chi connectivity index (χ1v) is 6.97. The van der Waals surface area contributed by atoms with Crippen LogP contribution in [0.2, 0.25) is 0 Å². The first-order chi connectivity index (χ1) is 10.2. The van der Waals surface area contributed by atoms with Crippen LogP contribution in [0, 0.1) is 17.1 Å². The monoisotopic (exact) mass is 341 g/mol. The number of para-hydroxylation sites is 1. The maximum absolute atomic E-state index is 13.6. The Labute approximate surface area is 129 Å². The third-order valence-corrected chi connectivity index (χ3v) is 3.48. The van der Waals surface area contributed by atoms with Gasteiger partial charge in [-0.2, -0.15) is 5.26 Å². The smallest absolute Gasteiger partial charge is 0.143 e. The van der Waals surface area contributed by atoms with Crippen LogP contribution in [0.3, 0.4) is 0 Å². The van der Waals surface area contributed by atoms with Crippen molar-refractivity contribution in [2.45, 2.75) is 0 Å². The fraction of sp³-hybridized carbons (Fsp3) is 0. The first kappa shape index (κ1) is 13.5. The van der Waals surface area contributed by atoms with E-state index in [1.807, 2.05) is 24.3 Å². The summed E-state index contributed by atoms with van der Waals surface area (Å²) in [5.74, 6) is -0.543. The second-order valence-corrected chi connectivity index (χ2v) is 5.38. The Morgan fingerprint density at radius 3 is 2.81 bits per heavy atom. The van der Waals surface area contributed by atoms with E-state index in [4.69, 9.17) is 5.26 Å². The summed E-state index contributed by atoms with van der Waals surface area (Å²) in [5.41, 5.74) is 2.18. The average molecular weight is 342 g/mol. The molecule has 0 bridgehead atoms. The Hall–Kier alpha value is -2.45. The third kappa shape index (κ3) is 2.71. The molecule has 0 aliphatic carbocycles. The molecule has 0 radical (unpaired) electrons. The van der Waals surface area contributed by atoms with E-state index < -0.39 is 5.82 Å². The highest BCUT2D eigenvalue weighted by Crippen LogP contribution is 2.27. The molecule has 0 atom stereocenters. The van der Waals surface area contributed by atoms with Gasteiger partial charge in [0.05, 0.1) is 16.8 Å². The zero-order chi connectivity index (χ0) is 14.8. The van der Waals surface area contributed by atoms with E-state index in [1.54, 1.807) is 18.3 Å². The molecule has 0 spiro atoms. The molecule has 1 N–H and O–H groups in total. The molecule has 1 heterocycles. The van der Waals surface area contributed by atoms with Crippen LogP contribution in [0.4, 0.5) is 15.8 Å². The normalized spacial score (nSPS) is 10.3. The highest BCUT2D eigenvalue weighted by atomic mass is 79.9. The SMILES string of the molecule is N#Cc1ccc(Nc2cccc3cc(Br)cnc23)cc1F. The van der Waals surface area contributed by atoms with E-state index in [-0.39, 0.29) is 5.56 Å². The number of aromatic nitrogens is 1. The lowest BCUT2D eigenvalue weighted by Gasteiger charge is -2.09. The minimum atomic E-state index is -0.543. The molecule has 0 aliphatic rings. The molecule has 3 aromatic rings. The van der Waals surface area contributed by atoms with Crippen molar-refractivity contribution in [2.24, 2.45) is 0 Å². The maximum Gasteiger partial charge on any atom is 0.143 e. The lowest BCUT2D eigenvalue weighted by Crippen LogP contribution is -1.94. The topological polar surface area (TPSA) is 48.7 Å². The van der Waals surface area contributed by atoms with Crippen LogP contribution in [-0.2, 0) is 0 Å². The molecule has 0 aliphatic heterocycles. The van der Waals surface area contributed by atoms with Gasteiger partial charge in [-0.05, 0) is 46.3 Å². The Morgan fingerprint density at radius 1 is 1.19 bits per heavy atom. The molecule has 0 fully saturated rings. The molecule has 2 aromatic carbocycles. The number of nitriles is 1. The summed E-state index contributed by atoms with van der Waals surface area (Å²) in [6.07, 6.45) is 1.72. The number of nitrogens with one attached hydrogen (secondary N) is 1. The van der Waals surface area contributed by atoms with Gasteiger partial charge < -0.3 is 5.32 Å². The van der Waals surface area contributed by atoms with E-state index in [0.717, 1.165) is 21.1 Å². The van der Waals surface area contributed by atoms with Gasteiger partial charge in [-0.25, -0.2) is 4.39 Å². The zero-order valence-electron chi connectivity index (χ0n) is 10.8. The summed E-state index contributed by atoms with van der Waals surface area (Å²) in [7, 11) is 0. The molecular formula is C16H9BrFN3. The summed E-state index contributed by atoms with van der Waals surface area (Å²) >= 11 is 3.39. The Balaban J connectivity index is 2.02. The van der Waals surface area contributed by atoms with Crippen molar-refractivity contribution in [1.82, 2.24) is 4.98 Å². The third-order valence-electron chi connectivity index (χ3n) is 3.05. The van der Waals surface area contributed by atoms with Gasteiger partial charge in [-0.1, -0.05) is 12.1 Å². The Morgan fingerprint density at radius 2 is 2.05 bits per heavy atom. The molecule has 102 valence electrons. The Kier molecular flexibility index (Phi) is 3.55. The van der Waals surface area contributed by atoms with Crippen molar-refractivity contribution < 1.29 is 4.39 Å². The predicted octanol–water partition coefficient (Wildman–Crippen LogP) is 4.75. The van der Waals surface area contributed by atoms with Crippen LogP contribution in [0.5, 0.6) is 0 Å². The Bertz CT molecular complexity index is 871. The number of pyridine rings is 1. The van der Waals surface area contributed by atoms with Gasteiger partial charge in [0, 0.05) is 21.7 Å². The number of nitrogens with zero attached hydrogens (tertiary/aromatic N) is 2.